The Morgan fingerprint density at radius 3 is 2.35 bits per heavy atom. The van der Waals surface area contributed by atoms with Gasteiger partial charge in [-0.2, -0.15) is 0 Å². The number of carbonyl (C=O) groups is 1. The van der Waals surface area contributed by atoms with Crippen LogP contribution in [0.2, 0.25) is 0 Å². The van der Waals surface area contributed by atoms with Crippen LogP contribution in [0.1, 0.15) is 52.9 Å². The Morgan fingerprint density at radius 1 is 1.29 bits per heavy atom. The average Bonchev–Trinajstić information content (AvgIpc) is 2.28. The minimum atomic E-state index is -0.00523. The molecule has 0 saturated heterocycles. The van der Waals surface area contributed by atoms with Gasteiger partial charge in [0, 0.05) is 12.6 Å². The second kappa shape index (κ2) is 7.00. The first kappa shape index (κ1) is 14.5. The smallest absolute Gasteiger partial charge is 0.224 e. The first-order valence-corrected chi connectivity index (χ1v) is 7.03. The normalized spacial score (nSPS) is 26.9. The minimum absolute atomic E-state index is 0.00523. The molecule has 0 aromatic rings. The summed E-state index contributed by atoms with van der Waals surface area (Å²) in [7, 11) is 0. The summed E-state index contributed by atoms with van der Waals surface area (Å²) < 4.78 is 0. The van der Waals surface area contributed by atoms with Gasteiger partial charge in [0.2, 0.25) is 5.91 Å². The van der Waals surface area contributed by atoms with Crippen molar-refractivity contribution in [1.82, 2.24) is 5.32 Å². The highest BCUT2D eigenvalue weighted by molar-refractivity contribution is 5.79. The predicted molar refractivity (Wildman–Crippen MR) is 71.6 cm³/mol. The molecule has 1 aliphatic rings. The molecule has 1 amide bonds. The first-order chi connectivity index (χ1) is 8.02. The summed E-state index contributed by atoms with van der Waals surface area (Å²) in [6.07, 6.45) is 5.63. The fraction of sp³-hybridized carbons (Fsp3) is 0.929. The topological polar surface area (TPSA) is 55.1 Å². The summed E-state index contributed by atoms with van der Waals surface area (Å²) in [5, 5.41) is 3.18. The highest BCUT2D eigenvalue weighted by atomic mass is 16.1. The molecule has 17 heavy (non-hydrogen) atoms. The Morgan fingerprint density at radius 2 is 1.88 bits per heavy atom. The van der Waals surface area contributed by atoms with Crippen LogP contribution in [0.15, 0.2) is 0 Å². The molecule has 1 rings (SSSR count). The molecular formula is C14H28N2O. The Bertz CT molecular complexity index is 232. The lowest BCUT2D eigenvalue weighted by Gasteiger charge is -2.28. The molecule has 0 bridgehead atoms. The van der Waals surface area contributed by atoms with E-state index in [1.807, 2.05) is 0 Å². The van der Waals surface area contributed by atoms with E-state index < -0.39 is 0 Å². The van der Waals surface area contributed by atoms with Gasteiger partial charge in [0.1, 0.15) is 0 Å². The van der Waals surface area contributed by atoms with E-state index in [4.69, 9.17) is 5.73 Å². The van der Waals surface area contributed by atoms with E-state index in [1.165, 1.54) is 12.8 Å². The highest BCUT2D eigenvalue weighted by Gasteiger charge is 2.23. The maximum atomic E-state index is 12.1. The van der Waals surface area contributed by atoms with Crippen molar-refractivity contribution in [1.29, 1.82) is 0 Å². The van der Waals surface area contributed by atoms with Crippen LogP contribution < -0.4 is 11.1 Å². The van der Waals surface area contributed by atoms with Crippen LogP contribution in [-0.4, -0.2) is 18.5 Å². The molecule has 1 fully saturated rings. The van der Waals surface area contributed by atoms with E-state index in [2.05, 4.69) is 26.1 Å². The molecule has 0 aromatic carbocycles. The van der Waals surface area contributed by atoms with Gasteiger partial charge in [0.25, 0.3) is 0 Å². The SMILES string of the molecule is CC(C)CC(CN)C(=O)NC1CCC(C)CC1. The molecule has 100 valence electrons. The average molecular weight is 240 g/mol. The Balaban J connectivity index is 2.36. The van der Waals surface area contributed by atoms with E-state index in [9.17, 15) is 4.79 Å². The summed E-state index contributed by atoms with van der Waals surface area (Å²) >= 11 is 0. The lowest BCUT2D eigenvalue weighted by atomic mass is 9.87. The Kier molecular flexibility index (Phi) is 5.96. The first-order valence-electron chi connectivity index (χ1n) is 7.03. The highest BCUT2D eigenvalue weighted by Crippen LogP contribution is 2.23. The summed E-state index contributed by atoms with van der Waals surface area (Å²) in [4.78, 5) is 12.1. The molecule has 1 atom stereocenters. The van der Waals surface area contributed by atoms with Gasteiger partial charge in [0.15, 0.2) is 0 Å². The van der Waals surface area contributed by atoms with Crippen LogP contribution in [-0.2, 0) is 4.79 Å². The zero-order valence-corrected chi connectivity index (χ0v) is 11.5. The minimum Gasteiger partial charge on any atom is -0.353 e. The molecule has 0 aromatic heterocycles. The maximum Gasteiger partial charge on any atom is 0.224 e. The van der Waals surface area contributed by atoms with Crippen molar-refractivity contribution in [3.05, 3.63) is 0 Å². The number of hydrogen-bond acceptors (Lipinski definition) is 2. The van der Waals surface area contributed by atoms with Crippen LogP contribution in [0.3, 0.4) is 0 Å². The number of rotatable bonds is 5. The second-order valence-corrected chi connectivity index (χ2v) is 6.03. The van der Waals surface area contributed by atoms with Crippen molar-refractivity contribution in [2.45, 2.75) is 58.9 Å². The van der Waals surface area contributed by atoms with E-state index in [0.29, 0.717) is 18.5 Å². The summed E-state index contributed by atoms with van der Waals surface area (Å²) in [5.74, 6) is 1.51. The third-order valence-electron chi connectivity index (χ3n) is 3.77. The zero-order chi connectivity index (χ0) is 12.8. The largest absolute Gasteiger partial charge is 0.353 e. The molecule has 3 nitrogen and oxygen atoms in total. The van der Waals surface area contributed by atoms with Gasteiger partial charge >= 0.3 is 0 Å². The standard InChI is InChI=1S/C14H28N2O/c1-10(2)8-12(9-15)14(17)16-13-6-4-11(3)5-7-13/h10-13H,4-9,15H2,1-3H3,(H,16,17). The molecule has 3 heteroatoms. The number of nitrogens with one attached hydrogen (secondary N) is 1. The van der Waals surface area contributed by atoms with Crippen LogP contribution in [0.4, 0.5) is 0 Å². The van der Waals surface area contributed by atoms with Gasteiger partial charge in [-0.15, -0.1) is 0 Å². The molecular weight excluding hydrogens is 212 g/mol. The van der Waals surface area contributed by atoms with Crippen molar-refractivity contribution < 1.29 is 4.79 Å². The van der Waals surface area contributed by atoms with E-state index in [1.54, 1.807) is 0 Å². The van der Waals surface area contributed by atoms with Crippen molar-refractivity contribution in [3.8, 4) is 0 Å². The lowest BCUT2D eigenvalue weighted by Crippen LogP contribution is -2.43. The van der Waals surface area contributed by atoms with Gasteiger partial charge in [-0.3, -0.25) is 4.79 Å². The predicted octanol–water partition coefficient (Wildman–Crippen LogP) is 2.30. The number of hydrogen-bond donors (Lipinski definition) is 2. The molecule has 1 aliphatic carbocycles. The molecule has 0 aliphatic heterocycles. The van der Waals surface area contributed by atoms with Crippen molar-refractivity contribution in [3.63, 3.8) is 0 Å². The molecule has 1 saturated carbocycles. The quantitative estimate of drug-likeness (QED) is 0.774. The summed E-state index contributed by atoms with van der Waals surface area (Å²) in [6, 6.07) is 0.389. The number of amides is 1. The van der Waals surface area contributed by atoms with Crippen LogP contribution in [0.25, 0.3) is 0 Å². The zero-order valence-electron chi connectivity index (χ0n) is 11.5. The Hall–Kier alpha value is -0.570. The third kappa shape index (κ3) is 5.07. The second-order valence-electron chi connectivity index (χ2n) is 6.03. The van der Waals surface area contributed by atoms with Gasteiger partial charge in [0.05, 0.1) is 5.92 Å². The van der Waals surface area contributed by atoms with Gasteiger partial charge in [-0.1, -0.05) is 20.8 Å². The summed E-state index contributed by atoms with van der Waals surface area (Å²) in [5.41, 5.74) is 5.69. The van der Waals surface area contributed by atoms with Crippen LogP contribution in [0, 0.1) is 17.8 Å². The van der Waals surface area contributed by atoms with Gasteiger partial charge in [-0.05, 0) is 43.9 Å². The molecule has 0 spiro atoms. The fourth-order valence-corrected chi connectivity index (χ4v) is 2.60. The monoisotopic (exact) mass is 240 g/mol. The molecule has 0 radical (unpaired) electrons. The van der Waals surface area contributed by atoms with Gasteiger partial charge < -0.3 is 11.1 Å². The number of nitrogens with two attached hydrogens (primary N) is 1. The lowest BCUT2D eigenvalue weighted by molar-refractivity contribution is -0.126. The Labute approximate surface area is 106 Å². The van der Waals surface area contributed by atoms with E-state index in [0.717, 1.165) is 25.2 Å². The van der Waals surface area contributed by atoms with Crippen molar-refractivity contribution in [2.24, 2.45) is 23.5 Å². The molecule has 3 N–H and O–H groups in total. The third-order valence-corrected chi connectivity index (χ3v) is 3.77. The molecule has 0 heterocycles. The van der Waals surface area contributed by atoms with Gasteiger partial charge in [-0.25, -0.2) is 0 Å². The van der Waals surface area contributed by atoms with Crippen LogP contribution >= 0.6 is 0 Å². The maximum absolute atomic E-state index is 12.1. The van der Waals surface area contributed by atoms with Crippen molar-refractivity contribution in [2.75, 3.05) is 6.54 Å². The van der Waals surface area contributed by atoms with E-state index in [-0.39, 0.29) is 11.8 Å². The van der Waals surface area contributed by atoms with E-state index >= 15 is 0 Å². The molecule has 1 unspecified atom stereocenters. The van der Waals surface area contributed by atoms with Crippen LogP contribution in [0.5, 0.6) is 0 Å². The fourth-order valence-electron chi connectivity index (χ4n) is 2.60. The summed E-state index contributed by atoms with van der Waals surface area (Å²) in [6.45, 7) is 7.03. The van der Waals surface area contributed by atoms with Crippen molar-refractivity contribution >= 4 is 5.91 Å². The number of carbonyl (C=O) groups excluding carboxylic acids is 1.